The van der Waals surface area contributed by atoms with Crippen LogP contribution in [0.25, 0.3) is 0 Å². The molecule has 0 amide bonds. The zero-order chi connectivity index (χ0) is 9.68. The molecule has 70 valence electrons. The average Bonchev–Trinajstić information content (AvgIpc) is 2.14. The van der Waals surface area contributed by atoms with Crippen LogP contribution in [-0.2, 0) is 0 Å². The normalized spacial score (nSPS) is 12.2. The third kappa shape index (κ3) is 3.05. The summed E-state index contributed by atoms with van der Waals surface area (Å²) in [5.41, 5.74) is 0. The van der Waals surface area contributed by atoms with Gasteiger partial charge in [0.1, 0.15) is 11.0 Å². The molecular formula is C9H11ClN2O. The van der Waals surface area contributed by atoms with Gasteiger partial charge in [-0.05, 0) is 12.1 Å². The van der Waals surface area contributed by atoms with Gasteiger partial charge in [0.15, 0.2) is 0 Å². The minimum Gasteiger partial charge on any atom is -0.394 e. The third-order valence-electron chi connectivity index (χ3n) is 1.53. The van der Waals surface area contributed by atoms with E-state index in [2.05, 4.69) is 16.9 Å². The fraction of sp³-hybridized carbons (Fsp3) is 0.222. The summed E-state index contributed by atoms with van der Waals surface area (Å²) in [6, 6.07) is 5.06. The highest BCUT2D eigenvalue weighted by Gasteiger charge is 2.02. The van der Waals surface area contributed by atoms with Gasteiger partial charge in [-0.3, -0.25) is 0 Å². The van der Waals surface area contributed by atoms with Crippen molar-refractivity contribution in [1.82, 2.24) is 4.98 Å². The number of hydrogen-bond acceptors (Lipinski definition) is 3. The van der Waals surface area contributed by atoms with E-state index in [1.807, 2.05) is 0 Å². The van der Waals surface area contributed by atoms with Gasteiger partial charge in [-0.1, -0.05) is 23.7 Å². The molecule has 13 heavy (non-hydrogen) atoms. The molecule has 0 saturated heterocycles. The summed E-state index contributed by atoms with van der Waals surface area (Å²) in [6.07, 6.45) is 1.61. The Morgan fingerprint density at radius 2 is 2.46 bits per heavy atom. The van der Waals surface area contributed by atoms with Crippen LogP contribution in [0, 0.1) is 0 Å². The standard InChI is InChI=1S/C9H11ClN2O/c1-2-7(6-13)11-9-5-3-4-8(10)12-9/h2-5,7,13H,1,6H2,(H,11,12). The van der Waals surface area contributed by atoms with Crippen molar-refractivity contribution in [2.24, 2.45) is 0 Å². The number of nitrogens with zero attached hydrogens (tertiary/aromatic N) is 1. The van der Waals surface area contributed by atoms with Crippen molar-refractivity contribution in [3.63, 3.8) is 0 Å². The molecule has 0 aliphatic carbocycles. The first kappa shape index (κ1) is 10.0. The summed E-state index contributed by atoms with van der Waals surface area (Å²) in [5, 5.41) is 12.2. The third-order valence-corrected chi connectivity index (χ3v) is 1.74. The van der Waals surface area contributed by atoms with Gasteiger partial charge >= 0.3 is 0 Å². The Hall–Kier alpha value is -1.06. The second-order valence-electron chi connectivity index (χ2n) is 2.51. The number of aromatic nitrogens is 1. The van der Waals surface area contributed by atoms with Crippen molar-refractivity contribution in [3.05, 3.63) is 36.0 Å². The van der Waals surface area contributed by atoms with Crippen molar-refractivity contribution < 1.29 is 5.11 Å². The minimum atomic E-state index is -0.189. The predicted octanol–water partition coefficient (Wildman–Crippen LogP) is 1.69. The van der Waals surface area contributed by atoms with E-state index in [-0.39, 0.29) is 12.6 Å². The summed E-state index contributed by atoms with van der Waals surface area (Å²) < 4.78 is 0. The van der Waals surface area contributed by atoms with E-state index in [9.17, 15) is 0 Å². The first-order chi connectivity index (χ1) is 6.26. The molecule has 0 spiro atoms. The lowest BCUT2D eigenvalue weighted by Gasteiger charge is -2.11. The predicted molar refractivity (Wildman–Crippen MR) is 53.9 cm³/mol. The molecule has 3 nitrogen and oxygen atoms in total. The number of anilines is 1. The van der Waals surface area contributed by atoms with Crippen LogP contribution in [0.15, 0.2) is 30.9 Å². The molecule has 0 saturated carbocycles. The number of nitrogens with one attached hydrogen (secondary N) is 1. The smallest absolute Gasteiger partial charge is 0.131 e. The highest BCUT2D eigenvalue weighted by Crippen LogP contribution is 2.10. The Kier molecular flexibility index (Phi) is 3.73. The zero-order valence-electron chi connectivity index (χ0n) is 7.07. The zero-order valence-corrected chi connectivity index (χ0v) is 7.83. The maximum Gasteiger partial charge on any atom is 0.131 e. The molecule has 2 N–H and O–H groups in total. The first-order valence-electron chi connectivity index (χ1n) is 3.88. The molecule has 1 heterocycles. The van der Waals surface area contributed by atoms with Gasteiger partial charge in [-0.25, -0.2) is 4.98 Å². The summed E-state index contributed by atoms with van der Waals surface area (Å²) in [7, 11) is 0. The van der Waals surface area contributed by atoms with Gasteiger partial charge in [0, 0.05) is 0 Å². The summed E-state index contributed by atoms with van der Waals surface area (Å²) in [5.74, 6) is 0.631. The molecule has 1 aromatic rings. The molecule has 0 aliphatic rings. The van der Waals surface area contributed by atoms with Crippen LogP contribution in [0.2, 0.25) is 5.15 Å². The molecule has 4 heteroatoms. The van der Waals surface area contributed by atoms with Gasteiger partial charge in [0.2, 0.25) is 0 Å². The highest BCUT2D eigenvalue weighted by molar-refractivity contribution is 6.29. The van der Waals surface area contributed by atoms with E-state index < -0.39 is 0 Å². The van der Waals surface area contributed by atoms with Gasteiger partial charge in [0.05, 0.1) is 12.6 Å². The molecule has 1 rings (SSSR count). The van der Waals surface area contributed by atoms with Gasteiger partial charge < -0.3 is 10.4 Å². The van der Waals surface area contributed by atoms with Crippen molar-refractivity contribution in [1.29, 1.82) is 0 Å². The lowest BCUT2D eigenvalue weighted by molar-refractivity contribution is 0.290. The topological polar surface area (TPSA) is 45.1 Å². The van der Waals surface area contributed by atoms with Crippen LogP contribution in [0.4, 0.5) is 5.82 Å². The van der Waals surface area contributed by atoms with E-state index in [4.69, 9.17) is 16.7 Å². The van der Waals surface area contributed by atoms with Crippen LogP contribution in [-0.4, -0.2) is 22.7 Å². The number of halogens is 1. The quantitative estimate of drug-likeness (QED) is 0.572. The van der Waals surface area contributed by atoms with Crippen LogP contribution in [0.1, 0.15) is 0 Å². The summed E-state index contributed by atoms with van der Waals surface area (Å²) >= 11 is 5.68. The van der Waals surface area contributed by atoms with Crippen molar-refractivity contribution in [2.45, 2.75) is 6.04 Å². The maximum atomic E-state index is 8.86. The number of aliphatic hydroxyl groups excluding tert-OH is 1. The van der Waals surface area contributed by atoms with Crippen molar-refractivity contribution in [3.8, 4) is 0 Å². The summed E-state index contributed by atoms with van der Waals surface area (Å²) in [6.45, 7) is 3.55. The second kappa shape index (κ2) is 4.84. The Labute approximate surface area is 82.1 Å². The van der Waals surface area contributed by atoms with Crippen LogP contribution < -0.4 is 5.32 Å². The largest absolute Gasteiger partial charge is 0.394 e. The van der Waals surface area contributed by atoms with E-state index >= 15 is 0 Å². The molecule has 0 aliphatic heterocycles. The Bertz CT molecular complexity index is 291. The van der Waals surface area contributed by atoms with Crippen LogP contribution in [0.3, 0.4) is 0 Å². The molecular weight excluding hydrogens is 188 g/mol. The average molecular weight is 199 g/mol. The molecule has 0 radical (unpaired) electrons. The van der Waals surface area contributed by atoms with Gasteiger partial charge in [0.25, 0.3) is 0 Å². The molecule has 1 unspecified atom stereocenters. The SMILES string of the molecule is C=CC(CO)Nc1cccc(Cl)n1. The lowest BCUT2D eigenvalue weighted by atomic mass is 10.3. The van der Waals surface area contributed by atoms with Crippen molar-refractivity contribution >= 4 is 17.4 Å². The lowest BCUT2D eigenvalue weighted by Crippen LogP contribution is -2.21. The monoisotopic (exact) mass is 198 g/mol. The number of hydrogen-bond donors (Lipinski definition) is 2. The first-order valence-corrected chi connectivity index (χ1v) is 4.26. The van der Waals surface area contributed by atoms with Gasteiger partial charge in [-0.2, -0.15) is 0 Å². The van der Waals surface area contributed by atoms with E-state index in [0.717, 1.165) is 0 Å². The number of pyridine rings is 1. The highest BCUT2D eigenvalue weighted by atomic mass is 35.5. The Morgan fingerprint density at radius 3 is 3.00 bits per heavy atom. The molecule has 0 aromatic carbocycles. The van der Waals surface area contributed by atoms with E-state index in [1.54, 1.807) is 24.3 Å². The fourth-order valence-corrected chi connectivity index (χ4v) is 1.02. The second-order valence-corrected chi connectivity index (χ2v) is 2.90. The molecule has 0 bridgehead atoms. The van der Waals surface area contributed by atoms with Crippen LogP contribution in [0.5, 0.6) is 0 Å². The van der Waals surface area contributed by atoms with Gasteiger partial charge in [-0.15, -0.1) is 6.58 Å². The fourth-order valence-electron chi connectivity index (χ4n) is 0.858. The number of rotatable bonds is 4. The van der Waals surface area contributed by atoms with E-state index in [0.29, 0.717) is 11.0 Å². The molecule has 1 aromatic heterocycles. The number of aliphatic hydroxyl groups is 1. The Balaban J connectivity index is 2.67. The minimum absolute atomic E-state index is 0.0162. The summed E-state index contributed by atoms with van der Waals surface area (Å²) in [4.78, 5) is 4.00. The van der Waals surface area contributed by atoms with Crippen LogP contribution >= 0.6 is 11.6 Å². The Morgan fingerprint density at radius 1 is 1.69 bits per heavy atom. The van der Waals surface area contributed by atoms with Crippen molar-refractivity contribution in [2.75, 3.05) is 11.9 Å². The molecule has 1 atom stereocenters. The maximum absolute atomic E-state index is 8.86. The van der Waals surface area contributed by atoms with E-state index in [1.165, 1.54) is 0 Å². The molecule has 0 fully saturated rings.